The van der Waals surface area contributed by atoms with Gasteiger partial charge in [0.05, 0.1) is 17.9 Å². The molecule has 0 saturated carbocycles. The number of para-hydroxylation sites is 2. The van der Waals surface area contributed by atoms with Gasteiger partial charge in [0.25, 0.3) is 0 Å². The highest BCUT2D eigenvalue weighted by Gasteiger charge is 2.22. The quantitative estimate of drug-likeness (QED) is 0.835. The molecule has 1 aliphatic heterocycles. The van der Waals surface area contributed by atoms with Crippen molar-refractivity contribution in [3.63, 3.8) is 0 Å². The largest absolute Gasteiger partial charge is 0.398 e. The van der Waals surface area contributed by atoms with Crippen molar-refractivity contribution < 1.29 is 4.79 Å². The first-order chi connectivity index (χ1) is 9.65. The first-order valence-corrected chi connectivity index (χ1v) is 6.69. The maximum absolute atomic E-state index is 11.8. The van der Waals surface area contributed by atoms with Crippen LogP contribution in [0.25, 0.3) is 0 Å². The van der Waals surface area contributed by atoms with Crippen molar-refractivity contribution in [3.8, 4) is 0 Å². The normalized spacial score (nSPS) is 13.8. The summed E-state index contributed by atoms with van der Waals surface area (Å²) in [6, 6.07) is 13.1. The number of hydrogen-bond acceptors (Lipinski definition) is 3. The van der Waals surface area contributed by atoms with Crippen LogP contribution in [0.5, 0.6) is 0 Å². The topological polar surface area (TPSA) is 58.4 Å². The number of anilines is 3. The Hall–Kier alpha value is -2.20. The minimum absolute atomic E-state index is 0.0330. The number of fused-ring (bicyclic) bond motifs is 1. The maximum Gasteiger partial charge on any atom is 0.243 e. The van der Waals surface area contributed by atoms with E-state index in [-0.39, 0.29) is 5.91 Å². The second-order valence-corrected chi connectivity index (χ2v) is 5.14. The highest BCUT2D eigenvalue weighted by atomic mass is 35.5. The molecule has 5 heteroatoms. The zero-order valence-corrected chi connectivity index (χ0v) is 11.5. The molecular weight excluding hydrogens is 274 g/mol. The number of nitrogens with one attached hydrogen (secondary N) is 1. The van der Waals surface area contributed by atoms with Crippen LogP contribution < -0.4 is 16.0 Å². The lowest BCUT2D eigenvalue weighted by molar-refractivity contribution is -0.115. The second kappa shape index (κ2) is 5.06. The SMILES string of the molecule is Nc1cccc(Cl)c1CN1CC(=O)Nc2ccccc21. The first kappa shape index (κ1) is 12.8. The zero-order chi connectivity index (χ0) is 14.1. The Bertz CT molecular complexity index is 652. The molecule has 3 rings (SSSR count). The summed E-state index contributed by atoms with van der Waals surface area (Å²) in [6.07, 6.45) is 0. The Morgan fingerprint density at radius 2 is 2.00 bits per heavy atom. The van der Waals surface area contributed by atoms with Crippen LogP contribution in [0.3, 0.4) is 0 Å². The predicted molar refractivity (Wildman–Crippen MR) is 82.0 cm³/mol. The monoisotopic (exact) mass is 287 g/mol. The highest BCUT2D eigenvalue weighted by Crippen LogP contribution is 2.32. The third kappa shape index (κ3) is 2.30. The van der Waals surface area contributed by atoms with E-state index in [1.165, 1.54) is 0 Å². The van der Waals surface area contributed by atoms with Crippen LogP contribution in [0, 0.1) is 0 Å². The molecule has 0 unspecified atom stereocenters. The molecule has 0 saturated heterocycles. The molecule has 0 aliphatic carbocycles. The molecule has 3 N–H and O–H groups in total. The van der Waals surface area contributed by atoms with Gasteiger partial charge in [0, 0.05) is 22.8 Å². The summed E-state index contributed by atoms with van der Waals surface area (Å²) in [6.45, 7) is 0.803. The third-order valence-electron chi connectivity index (χ3n) is 3.36. The predicted octanol–water partition coefficient (Wildman–Crippen LogP) is 2.88. The van der Waals surface area contributed by atoms with Gasteiger partial charge in [0.2, 0.25) is 5.91 Å². The molecule has 1 heterocycles. The van der Waals surface area contributed by atoms with Crippen LogP contribution in [0.4, 0.5) is 17.1 Å². The minimum Gasteiger partial charge on any atom is -0.398 e. The molecule has 1 amide bonds. The summed E-state index contributed by atoms with van der Waals surface area (Å²) < 4.78 is 0. The van der Waals surface area contributed by atoms with Crippen molar-refractivity contribution in [2.45, 2.75) is 6.54 Å². The average molecular weight is 288 g/mol. The van der Waals surface area contributed by atoms with Crippen LogP contribution in [0.2, 0.25) is 5.02 Å². The summed E-state index contributed by atoms with van der Waals surface area (Å²) >= 11 is 6.21. The van der Waals surface area contributed by atoms with Crippen LogP contribution >= 0.6 is 11.6 Å². The molecule has 0 spiro atoms. The molecule has 0 aromatic heterocycles. The number of benzene rings is 2. The molecular formula is C15H14ClN3O. The van der Waals surface area contributed by atoms with E-state index in [0.29, 0.717) is 23.8 Å². The van der Waals surface area contributed by atoms with Crippen molar-refractivity contribution in [2.75, 3.05) is 22.5 Å². The lowest BCUT2D eigenvalue weighted by Gasteiger charge is -2.31. The molecule has 0 atom stereocenters. The number of hydrogen-bond donors (Lipinski definition) is 2. The van der Waals surface area contributed by atoms with E-state index >= 15 is 0 Å². The summed E-state index contributed by atoms with van der Waals surface area (Å²) in [5.41, 5.74) is 9.26. The molecule has 102 valence electrons. The molecule has 20 heavy (non-hydrogen) atoms. The number of nitrogens with zero attached hydrogens (tertiary/aromatic N) is 1. The van der Waals surface area contributed by atoms with Crippen LogP contribution in [-0.4, -0.2) is 12.5 Å². The Balaban J connectivity index is 1.97. The number of nitrogens with two attached hydrogens (primary N) is 1. The molecule has 2 aromatic rings. The smallest absolute Gasteiger partial charge is 0.243 e. The number of nitrogen functional groups attached to an aromatic ring is 1. The van der Waals surface area contributed by atoms with E-state index in [1.54, 1.807) is 0 Å². The van der Waals surface area contributed by atoms with Crippen molar-refractivity contribution in [1.29, 1.82) is 0 Å². The van der Waals surface area contributed by atoms with E-state index < -0.39 is 0 Å². The first-order valence-electron chi connectivity index (χ1n) is 6.32. The minimum atomic E-state index is -0.0330. The van der Waals surface area contributed by atoms with Gasteiger partial charge < -0.3 is 16.0 Å². The van der Waals surface area contributed by atoms with Crippen LogP contribution in [0.15, 0.2) is 42.5 Å². The average Bonchev–Trinajstić information content (AvgIpc) is 2.42. The van der Waals surface area contributed by atoms with Gasteiger partial charge in [0.1, 0.15) is 0 Å². The summed E-state index contributed by atoms with van der Waals surface area (Å²) in [5, 5.41) is 3.48. The van der Waals surface area contributed by atoms with Gasteiger partial charge >= 0.3 is 0 Å². The van der Waals surface area contributed by atoms with Gasteiger partial charge in [-0.3, -0.25) is 4.79 Å². The third-order valence-corrected chi connectivity index (χ3v) is 3.71. The Morgan fingerprint density at radius 1 is 1.20 bits per heavy atom. The van der Waals surface area contributed by atoms with Crippen LogP contribution in [0.1, 0.15) is 5.56 Å². The standard InChI is InChI=1S/C15H14ClN3O/c16-11-4-3-5-12(17)10(11)8-19-9-15(20)18-13-6-1-2-7-14(13)19/h1-7H,8-9,17H2,(H,18,20). The molecule has 0 fully saturated rings. The van der Waals surface area contributed by atoms with Crippen molar-refractivity contribution in [2.24, 2.45) is 0 Å². The van der Waals surface area contributed by atoms with Gasteiger partial charge in [-0.15, -0.1) is 0 Å². The maximum atomic E-state index is 11.8. The van der Waals surface area contributed by atoms with Gasteiger partial charge in [-0.05, 0) is 24.3 Å². The summed E-state index contributed by atoms with van der Waals surface area (Å²) in [4.78, 5) is 13.8. The van der Waals surface area contributed by atoms with E-state index in [2.05, 4.69) is 5.32 Å². The van der Waals surface area contributed by atoms with Gasteiger partial charge in [-0.25, -0.2) is 0 Å². The molecule has 1 aliphatic rings. The highest BCUT2D eigenvalue weighted by molar-refractivity contribution is 6.31. The fourth-order valence-corrected chi connectivity index (χ4v) is 2.62. The lowest BCUT2D eigenvalue weighted by atomic mass is 10.1. The van der Waals surface area contributed by atoms with Crippen molar-refractivity contribution >= 4 is 34.6 Å². The van der Waals surface area contributed by atoms with E-state index in [4.69, 9.17) is 17.3 Å². The summed E-state index contributed by atoms with van der Waals surface area (Å²) in [7, 11) is 0. The lowest BCUT2D eigenvalue weighted by Crippen LogP contribution is -2.37. The molecule has 2 aromatic carbocycles. The Kier molecular flexibility index (Phi) is 3.24. The molecule has 0 radical (unpaired) electrons. The number of amides is 1. The molecule has 0 bridgehead atoms. The van der Waals surface area contributed by atoms with Gasteiger partial charge in [0.15, 0.2) is 0 Å². The van der Waals surface area contributed by atoms with Gasteiger partial charge in [-0.1, -0.05) is 29.8 Å². The molecule has 4 nitrogen and oxygen atoms in total. The number of halogens is 1. The van der Waals surface area contributed by atoms with Crippen LogP contribution in [-0.2, 0) is 11.3 Å². The van der Waals surface area contributed by atoms with E-state index in [1.807, 2.05) is 47.4 Å². The van der Waals surface area contributed by atoms with E-state index in [9.17, 15) is 4.79 Å². The fraction of sp³-hybridized carbons (Fsp3) is 0.133. The second-order valence-electron chi connectivity index (χ2n) is 4.73. The van der Waals surface area contributed by atoms with Crippen molar-refractivity contribution in [3.05, 3.63) is 53.1 Å². The van der Waals surface area contributed by atoms with Crippen molar-refractivity contribution in [1.82, 2.24) is 0 Å². The zero-order valence-electron chi connectivity index (χ0n) is 10.8. The fourth-order valence-electron chi connectivity index (χ4n) is 2.38. The number of carbonyl (C=O) groups excluding carboxylic acids is 1. The van der Waals surface area contributed by atoms with E-state index in [0.717, 1.165) is 16.9 Å². The Morgan fingerprint density at radius 3 is 2.80 bits per heavy atom. The summed E-state index contributed by atoms with van der Waals surface area (Å²) in [5.74, 6) is -0.0330. The van der Waals surface area contributed by atoms with Gasteiger partial charge in [-0.2, -0.15) is 0 Å². The number of carbonyl (C=O) groups is 1. The Labute approximate surface area is 122 Å². The number of rotatable bonds is 2.